The molecule has 0 radical (unpaired) electrons. The number of rotatable bonds is 3. The van der Waals surface area contributed by atoms with Crippen LogP contribution in [0.25, 0.3) is 0 Å². The van der Waals surface area contributed by atoms with E-state index in [9.17, 15) is 0 Å². The minimum absolute atomic E-state index is 0.0918. The fraction of sp³-hybridized carbons (Fsp3) is 0.500. The smallest absolute Gasteiger partial charge is 0.223 e. The van der Waals surface area contributed by atoms with Crippen LogP contribution in [0.5, 0.6) is 0 Å². The maximum atomic E-state index is 9.09. The molecule has 2 rings (SSSR count). The maximum Gasteiger partial charge on any atom is 0.223 e. The van der Waals surface area contributed by atoms with Crippen molar-refractivity contribution in [1.29, 1.82) is 0 Å². The second-order valence-corrected chi connectivity index (χ2v) is 3.88. The number of nitrogen functional groups attached to an aromatic ring is 1. The molecule has 1 aliphatic rings. The highest BCUT2D eigenvalue weighted by atomic mass is 35.5. The Labute approximate surface area is 86.3 Å². The van der Waals surface area contributed by atoms with E-state index in [-0.39, 0.29) is 18.1 Å². The summed E-state index contributed by atoms with van der Waals surface area (Å²) in [6, 6.07) is 1.59. The third kappa shape index (κ3) is 1.88. The zero-order valence-corrected chi connectivity index (χ0v) is 8.25. The van der Waals surface area contributed by atoms with Crippen molar-refractivity contribution in [2.45, 2.75) is 18.4 Å². The van der Waals surface area contributed by atoms with Crippen LogP contribution in [0.1, 0.15) is 12.8 Å². The molecule has 0 saturated heterocycles. The zero-order valence-electron chi connectivity index (χ0n) is 7.50. The van der Waals surface area contributed by atoms with Gasteiger partial charge in [0.15, 0.2) is 0 Å². The van der Waals surface area contributed by atoms with Gasteiger partial charge >= 0.3 is 0 Å². The first-order valence-electron chi connectivity index (χ1n) is 4.33. The van der Waals surface area contributed by atoms with E-state index in [4.69, 9.17) is 22.4 Å². The lowest BCUT2D eigenvalue weighted by atomic mass is 10.3. The van der Waals surface area contributed by atoms with E-state index in [0.29, 0.717) is 11.0 Å². The van der Waals surface area contributed by atoms with E-state index >= 15 is 0 Å². The van der Waals surface area contributed by atoms with Gasteiger partial charge in [-0.3, -0.25) is 0 Å². The quantitative estimate of drug-likeness (QED) is 0.644. The first-order chi connectivity index (χ1) is 6.63. The first kappa shape index (κ1) is 9.48. The molecule has 4 N–H and O–H groups in total. The summed E-state index contributed by atoms with van der Waals surface area (Å²) in [7, 11) is 0. The Kier molecular flexibility index (Phi) is 2.20. The molecule has 5 nitrogen and oxygen atoms in total. The van der Waals surface area contributed by atoms with Crippen LogP contribution in [0.2, 0.25) is 5.15 Å². The summed E-state index contributed by atoms with van der Waals surface area (Å²) >= 11 is 5.71. The second-order valence-electron chi connectivity index (χ2n) is 3.50. The number of hydrogen-bond acceptors (Lipinski definition) is 5. The summed E-state index contributed by atoms with van der Waals surface area (Å²) in [5, 5.41) is 12.5. The van der Waals surface area contributed by atoms with Crippen molar-refractivity contribution in [2.24, 2.45) is 0 Å². The highest BCUT2D eigenvalue weighted by Gasteiger charge is 2.42. The normalized spacial score (nSPS) is 17.9. The van der Waals surface area contributed by atoms with Crippen molar-refractivity contribution >= 4 is 23.4 Å². The number of aromatic nitrogens is 2. The average molecular weight is 215 g/mol. The number of aliphatic hydroxyl groups is 1. The lowest BCUT2D eigenvalue weighted by molar-refractivity contribution is 0.266. The SMILES string of the molecule is Nc1nc(Cl)cc(NC2(CO)CC2)n1. The van der Waals surface area contributed by atoms with Gasteiger partial charge in [0.25, 0.3) is 0 Å². The van der Waals surface area contributed by atoms with Crippen LogP contribution >= 0.6 is 11.6 Å². The number of halogens is 1. The molecule has 0 aromatic carbocycles. The van der Waals surface area contributed by atoms with Crippen molar-refractivity contribution < 1.29 is 5.11 Å². The third-order valence-corrected chi connectivity index (χ3v) is 2.46. The number of anilines is 2. The maximum absolute atomic E-state index is 9.09. The molecule has 1 aromatic heterocycles. The Bertz CT molecular complexity index is 333. The van der Waals surface area contributed by atoms with E-state index in [1.54, 1.807) is 6.07 Å². The summed E-state index contributed by atoms with van der Waals surface area (Å²) in [6.45, 7) is 0.0918. The molecule has 0 spiro atoms. The number of nitrogens with two attached hydrogens (primary N) is 1. The van der Waals surface area contributed by atoms with Gasteiger partial charge in [-0.25, -0.2) is 4.98 Å². The van der Waals surface area contributed by atoms with E-state index in [0.717, 1.165) is 12.8 Å². The van der Waals surface area contributed by atoms with Gasteiger partial charge in [-0.2, -0.15) is 4.98 Å². The molecular weight excluding hydrogens is 204 g/mol. The van der Waals surface area contributed by atoms with Crippen LogP contribution in [0.15, 0.2) is 6.07 Å². The highest BCUT2D eigenvalue weighted by molar-refractivity contribution is 6.29. The Morgan fingerprint density at radius 3 is 2.79 bits per heavy atom. The molecule has 1 fully saturated rings. The molecule has 14 heavy (non-hydrogen) atoms. The minimum atomic E-state index is -0.218. The molecule has 0 amide bonds. The molecule has 76 valence electrons. The molecule has 0 aliphatic heterocycles. The largest absolute Gasteiger partial charge is 0.394 e. The lowest BCUT2D eigenvalue weighted by Crippen LogP contribution is -2.26. The molecule has 0 bridgehead atoms. The number of nitrogens with one attached hydrogen (secondary N) is 1. The monoisotopic (exact) mass is 214 g/mol. The lowest BCUT2D eigenvalue weighted by Gasteiger charge is -2.14. The van der Waals surface area contributed by atoms with Gasteiger partial charge in [-0.05, 0) is 12.8 Å². The van der Waals surface area contributed by atoms with Crippen LogP contribution in [-0.2, 0) is 0 Å². The van der Waals surface area contributed by atoms with Crippen LogP contribution in [-0.4, -0.2) is 27.2 Å². The number of nitrogens with zero attached hydrogens (tertiary/aromatic N) is 2. The summed E-state index contributed by atoms with van der Waals surface area (Å²) in [4.78, 5) is 7.71. The molecule has 0 unspecified atom stereocenters. The Balaban J connectivity index is 2.16. The second kappa shape index (κ2) is 3.25. The minimum Gasteiger partial charge on any atom is -0.394 e. The molecule has 1 aliphatic carbocycles. The molecule has 1 aromatic rings. The molecule has 1 heterocycles. The van der Waals surface area contributed by atoms with Crippen molar-refractivity contribution in [3.05, 3.63) is 11.2 Å². The predicted octanol–water partition coefficient (Wildman–Crippen LogP) is 0.649. The van der Waals surface area contributed by atoms with Crippen LogP contribution in [0.4, 0.5) is 11.8 Å². The average Bonchev–Trinajstić information content (AvgIpc) is 2.83. The fourth-order valence-electron chi connectivity index (χ4n) is 1.24. The van der Waals surface area contributed by atoms with Gasteiger partial charge in [0.05, 0.1) is 12.1 Å². The summed E-state index contributed by atoms with van der Waals surface area (Å²) in [5.41, 5.74) is 5.21. The van der Waals surface area contributed by atoms with E-state index in [1.165, 1.54) is 0 Å². The van der Waals surface area contributed by atoms with Gasteiger partial charge in [-0.1, -0.05) is 11.6 Å². The summed E-state index contributed by atoms with van der Waals surface area (Å²) in [5.74, 6) is 0.697. The van der Waals surface area contributed by atoms with Crippen molar-refractivity contribution in [3.63, 3.8) is 0 Å². The van der Waals surface area contributed by atoms with Gasteiger partial charge in [0.2, 0.25) is 5.95 Å². The Hall–Kier alpha value is -1.07. The van der Waals surface area contributed by atoms with Gasteiger partial charge in [-0.15, -0.1) is 0 Å². The van der Waals surface area contributed by atoms with Crippen molar-refractivity contribution in [2.75, 3.05) is 17.7 Å². The highest BCUT2D eigenvalue weighted by Crippen LogP contribution is 2.38. The predicted molar refractivity (Wildman–Crippen MR) is 54.1 cm³/mol. The van der Waals surface area contributed by atoms with E-state index in [1.807, 2.05) is 0 Å². The third-order valence-electron chi connectivity index (χ3n) is 2.26. The van der Waals surface area contributed by atoms with Crippen molar-refractivity contribution in [3.8, 4) is 0 Å². The first-order valence-corrected chi connectivity index (χ1v) is 4.70. The topological polar surface area (TPSA) is 84.1 Å². The van der Waals surface area contributed by atoms with Gasteiger partial charge in [0.1, 0.15) is 11.0 Å². The molecule has 6 heteroatoms. The van der Waals surface area contributed by atoms with Crippen LogP contribution in [0, 0.1) is 0 Å². The molecule has 0 atom stereocenters. The standard InChI is InChI=1S/C8H11ClN4O/c9-5-3-6(12-7(10)11-5)13-8(4-14)1-2-8/h3,14H,1-2,4H2,(H3,10,11,12,13). The Morgan fingerprint density at radius 1 is 1.57 bits per heavy atom. The molecular formula is C8H11ClN4O. The van der Waals surface area contributed by atoms with E-state index in [2.05, 4.69) is 15.3 Å². The summed E-state index contributed by atoms with van der Waals surface area (Å²) in [6.07, 6.45) is 1.87. The number of aliphatic hydroxyl groups excluding tert-OH is 1. The Morgan fingerprint density at radius 2 is 2.29 bits per heavy atom. The van der Waals surface area contributed by atoms with E-state index < -0.39 is 0 Å². The fourth-order valence-corrected chi connectivity index (χ4v) is 1.43. The number of hydrogen-bond donors (Lipinski definition) is 3. The zero-order chi connectivity index (χ0) is 10.2. The molecule has 1 saturated carbocycles. The van der Waals surface area contributed by atoms with Gasteiger partial charge in [0, 0.05) is 6.07 Å². The van der Waals surface area contributed by atoms with Crippen LogP contribution < -0.4 is 11.1 Å². The van der Waals surface area contributed by atoms with Gasteiger partial charge < -0.3 is 16.2 Å². The van der Waals surface area contributed by atoms with Crippen LogP contribution in [0.3, 0.4) is 0 Å². The van der Waals surface area contributed by atoms with Crippen molar-refractivity contribution in [1.82, 2.24) is 9.97 Å². The summed E-state index contributed by atoms with van der Waals surface area (Å²) < 4.78 is 0.